The van der Waals surface area contributed by atoms with Gasteiger partial charge in [-0.1, -0.05) is 37.6 Å². The molecule has 0 spiro atoms. The molecule has 0 amide bonds. The van der Waals surface area contributed by atoms with Gasteiger partial charge in [0.15, 0.2) is 0 Å². The molecule has 2 aliphatic carbocycles. The number of alkyl halides is 1. The number of halogens is 1. The van der Waals surface area contributed by atoms with Crippen LogP contribution in [0.25, 0.3) is 0 Å². The molecular formula is C14H19ClO. The maximum Gasteiger partial charge on any atom is 0.141 e. The first kappa shape index (κ1) is 11.9. The van der Waals surface area contributed by atoms with Gasteiger partial charge in [-0.3, -0.25) is 4.79 Å². The van der Waals surface area contributed by atoms with E-state index in [4.69, 9.17) is 11.6 Å². The Bertz CT molecular complexity index is 352. The van der Waals surface area contributed by atoms with E-state index < -0.39 is 0 Å². The van der Waals surface area contributed by atoms with Crippen LogP contribution in [0.1, 0.15) is 39.5 Å². The van der Waals surface area contributed by atoms with Gasteiger partial charge >= 0.3 is 0 Å². The van der Waals surface area contributed by atoms with Crippen LogP contribution in [0.4, 0.5) is 0 Å². The summed E-state index contributed by atoms with van der Waals surface area (Å²) >= 11 is 5.97. The van der Waals surface area contributed by atoms with E-state index in [9.17, 15) is 4.79 Å². The number of hydrogen-bond acceptors (Lipinski definition) is 1. The van der Waals surface area contributed by atoms with E-state index in [-0.39, 0.29) is 16.7 Å². The second kappa shape index (κ2) is 4.37. The molecule has 0 heterocycles. The fraction of sp³-hybridized carbons (Fsp3) is 0.643. The minimum absolute atomic E-state index is 0.0986. The largest absolute Gasteiger partial charge is 0.299 e. The highest BCUT2D eigenvalue weighted by Gasteiger charge is 2.40. The van der Waals surface area contributed by atoms with Crippen LogP contribution in [0.5, 0.6) is 0 Å². The zero-order valence-electron chi connectivity index (χ0n) is 10.0. The number of rotatable bonds is 2. The van der Waals surface area contributed by atoms with Crippen molar-refractivity contribution >= 4 is 17.4 Å². The Hall–Kier alpha value is -0.560. The standard InChI is InChI=1S/C14H19ClO/c1-14(2)8-7-11(13(14)16)9-10-3-5-12(15)6-4-10/h3-5,11-12H,6-9H2,1-2H3. The van der Waals surface area contributed by atoms with Crippen LogP contribution >= 0.6 is 11.6 Å². The summed E-state index contributed by atoms with van der Waals surface area (Å²) in [5.41, 5.74) is 1.19. The summed E-state index contributed by atoms with van der Waals surface area (Å²) in [6.07, 6.45) is 10.2. The lowest BCUT2D eigenvalue weighted by molar-refractivity contribution is -0.127. The van der Waals surface area contributed by atoms with Crippen LogP contribution in [0.2, 0.25) is 0 Å². The molecule has 1 saturated carbocycles. The molecule has 2 atom stereocenters. The molecule has 2 rings (SSSR count). The molecule has 1 nitrogen and oxygen atoms in total. The third-order valence-electron chi connectivity index (χ3n) is 3.76. The van der Waals surface area contributed by atoms with Gasteiger partial charge in [-0.05, 0) is 25.7 Å². The van der Waals surface area contributed by atoms with Crippen LogP contribution in [-0.2, 0) is 4.79 Å². The van der Waals surface area contributed by atoms with Crippen molar-refractivity contribution in [2.75, 3.05) is 0 Å². The fourth-order valence-electron chi connectivity index (χ4n) is 2.61. The molecule has 0 saturated heterocycles. The zero-order valence-corrected chi connectivity index (χ0v) is 10.8. The number of hydrogen-bond donors (Lipinski definition) is 0. The van der Waals surface area contributed by atoms with Crippen LogP contribution in [0, 0.1) is 11.3 Å². The van der Waals surface area contributed by atoms with Crippen LogP contribution in [0.3, 0.4) is 0 Å². The van der Waals surface area contributed by atoms with Gasteiger partial charge in [0, 0.05) is 11.3 Å². The van der Waals surface area contributed by atoms with Crippen molar-refractivity contribution in [3.63, 3.8) is 0 Å². The maximum absolute atomic E-state index is 12.1. The van der Waals surface area contributed by atoms with E-state index in [0.717, 1.165) is 25.7 Å². The number of Topliss-reactive ketones (excluding diaryl/α,β-unsaturated/α-hetero) is 1. The summed E-state index contributed by atoms with van der Waals surface area (Å²) in [5.74, 6) is 0.674. The average Bonchev–Trinajstić information content (AvgIpc) is 2.49. The van der Waals surface area contributed by atoms with Crippen molar-refractivity contribution in [3.8, 4) is 0 Å². The molecule has 0 N–H and O–H groups in total. The average molecular weight is 239 g/mol. The zero-order chi connectivity index (χ0) is 11.8. The van der Waals surface area contributed by atoms with E-state index in [0.29, 0.717) is 5.78 Å². The van der Waals surface area contributed by atoms with Gasteiger partial charge in [-0.25, -0.2) is 0 Å². The van der Waals surface area contributed by atoms with Crippen molar-refractivity contribution in [1.82, 2.24) is 0 Å². The molecule has 2 unspecified atom stereocenters. The predicted octanol–water partition coefficient (Wildman–Crippen LogP) is 3.88. The molecule has 2 aliphatic rings. The summed E-state index contributed by atoms with van der Waals surface area (Å²) in [4.78, 5) is 12.1. The fourth-order valence-corrected chi connectivity index (χ4v) is 2.77. The summed E-state index contributed by atoms with van der Waals surface area (Å²) in [5, 5.41) is 0.138. The third kappa shape index (κ3) is 2.40. The van der Waals surface area contributed by atoms with Crippen LogP contribution in [-0.4, -0.2) is 11.2 Å². The van der Waals surface area contributed by atoms with Crippen LogP contribution < -0.4 is 0 Å². The van der Waals surface area contributed by atoms with Crippen molar-refractivity contribution in [2.24, 2.45) is 11.3 Å². The monoisotopic (exact) mass is 238 g/mol. The highest BCUT2D eigenvalue weighted by atomic mass is 35.5. The van der Waals surface area contributed by atoms with Crippen LogP contribution in [0.15, 0.2) is 23.8 Å². The first-order valence-electron chi connectivity index (χ1n) is 6.05. The second-order valence-corrected chi connectivity index (χ2v) is 6.14. The molecule has 0 bridgehead atoms. The van der Waals surface area contributed by atoms with Crippen molar-refractivity contribution in [1.29, 1.82) is 0 Å². The van der Waals surface area contributed by atoms with Gasteiger partial charge in [-0.2, -0.15) is 0 Å². The first-order chi connectivity index (χ1) is 7.49. The Labute approximate surface area is 103 Å². The number of ketones is 1. The van der Waals surface area contributed by atoms with E-state index in [1.807, 2.05) is 6.08 Å². The Morgan fingerprint density at radius 3 is 2.75 bits per heavy atom. The first-order valence-corrected chi connectivity index (χ1v) is 6.48. The summed E-state index contributed by atoms with van der Waals surface area (Å²) in [6.45, 7) is 4.13. The normalized spacial score (nSPS) is 32.9. The predicted molar refractivity (Wildman–Crippen MR) is 67.6 cm³/mol. The quantitative estimate of drug-likeness (QED) is 0.668. The maximum atomic E-state index is 12.1. The topological polar surface area (TPSA) is 17.1 Å². The lowest BCUT2D eigenvalue weighted by Gasteiger charge is -2.17. The minimum Gasteiger partial charge on any atom is -0.299 e. The number of allylic oxidation sites excluding steroid dienone is 4. The third-order valence-corrected chi connectivity index (χ3v) is 4.09. The molecule has 0 aromatic rings. The van der Waals surface area contributed by atoms with Crippen molar-refractivity contribution in [3.05, 3.63) is 23.8 Å². The van der Waals surface area contributed by atoms with Gasteiger partial charge in [0.2, 0.25) is 0 Å². The highest BCUT2D eigenvalue weighted by Crippen LogP contribution is 2.40. The van der Waals surface area contributed by atoms with E-state index in [2.05, 4.69) is 26.0 Å². The van der Waals surface area contributed by atoms with Crippen molar-refractivity contribution < 1.29 is 4.79 Å². The summed E-state index contributed by atoms with van der Waals surface area (Å²) < 4.78 is 0. The van der Waals surface area contributed by atoms with Crippen molar-refractivity contribution in [2.45, 2.75) is 44.9 Å². The Morgan fingerprint density at radius 2 is 2.25 bits per heavy atom. The molecule has 0 aromatic carbocycles. The van der Waals surface area contributed by atoms with Gasteiger partial charge in [-0.15, -0.1) is 11.6 Å². The van der Waals surface area contributed by atoms with E-state index >= 15 is 0 Å². The van der Waals surface area contributed by atoms with Gasteiger partial charge < -0.3 is 0 Å². The minimum atomic E-state index is -0.0986. The second-order valence-electron chi connectivity index (χ2n) is 5.58. The SMILES string of the molecule is CC1(C)CCC(CC2=CCC(Cl)C=C2)C1=O. The molecule has 0 aromatic heterocycles. The summed E-state index contributed by atoms with van der Waals surface area (Å²) in [6, 6.07) is 0. The van der Waals surface area contributed by atoms with E-state index in [1.54, 1.807) is 0 Å². The lowest BCUT2D eigenvalue weighted by Crippen LogP contribution is -2.21. The number of carbonyl (C=O) groups is 1. The Balaban J connectivity index is 1.97. The van der Waals surface area contributed by atoms with Gasteiger partial charge in [0.25, 0.3) is 0 Å². The lowest BCUT2D eigenvalue weighted by atomic mass is 9.86. The highest BCUT2D eigenvalue weighted by molar-refractivity contribution is 6.22. The molecule has 1 fully saturated rings. The smallest absolute Gasteiger partial charge is 0.141 e. The molecule has 16 heavy (non-hydrogen) atoms. The number of carbonyl (C=O) groups excluding carboxylic acids is 1. The Kier molecular flexibility index (Phi) is 3.25. The molecular weight excluding hydrogens is 220 g/mol. The molecule has 88 valence electrons. The Morgan fingerprint density at radius 1 is 1.50 bits per heavy atom. The van der Waals surface area contributed by atoms with E-state index in [1.165, 1.54) is 5.57 Å². The van der Waals surface area contributed by atoms with Gasteiger partial charge in [0.05, 0.1) is 5.38 Å². The molecule has 2 heteroatoms. The molecule has 0 radical (unpaired) electrons. The van der Waals surface area contributed by atoms with Gasteiger partial charge in [0.1, 0.15) is 5.78 Å². The summed E-state index contributed by atoms with van der Waals surface area (Å²) in [7, 11) is 0. The molecule has 0 aliphatic heterocycles.